The summed E-state index contributed by atoms with van der Waals surface area (Å²) in [6.45, 7) is 0.268. The first-order valence-electron chi connectivity index (χ1n) is 5.91. The average molecular weight is 278 g/mol. The molecule has 1 amide bonds. The van der Waals surface area contributed by atoms with Crippen molar-refractivity contribution in [3.8, 4) is 0 Å². The summed E-state index contributed by atoms with van der Waals surface area (Å²) in [7, 11) is 0. The summed E-state index contributed by atoms with van der Waals surface area (Å²) >= 11 is 0. The number of aliphatic carboxylic acids is 1. The molecule has 1 aromatic carbocycles. The van der Waals surface area contributed by atoms with E-state index in [4.69, 9.17) is 5.11 Å². The molecule has 0 saturated carbocycles. The minimum atomic E-state index is -0.911. The van der Waals surface area contributed by atoms with Gasteiger partial charge in [-0.3, -0.25) is 19.7 Å². The van der Waals surface area contributed by atoms with Crippen LogP contribution in [0.5, 0.6) is 0 Å². The lowest BCUT2D eigenvalue weighted by Gasteiger charge is -1.99. The lowest BCUT2D eigenvalue weighted by atomic mass is 10.2. The second-order valence-electron chi connectivity index (χ2n) is 3.97. The van der Waals surface area contributed by atoms with Crippen LogP contribution in [0.3, 0.4) is 0 Å². The molecular weight excluding hydrogens is 264 g/mol. The molecule has 7 heteroatoms. The Hall–Kier alpha value is -2.70. The zero-order valence-corrected chi connectivity index (χ0v) is 10.6. The number of nitro groups is 1. The third kappa shape index (κ3) is 5.76. The van der Waals surface area contributed by atoms with E-state index in [-0.39, 0.29) is 24.6 Å². The van der Waals surface area contributed by atoms with Crippen molar-refractivity contribution in [1.29, 1.82) is 0 Å². The van der Waals surface area contributed by atoms with Crippen LogP contribution in [0.4, 0.5) is 5.69 Å². The maximum Gasteiger partial charge on any atom is 0.303 e. The van der Waals surface area contributed by atoms with Gasteiger partial charge in [-0.25, -0.2) is 0 Å². The Labute approximate surface area is 115 Å². The SMILES string of the molecule is O=C(O)CCCNC(=O)/C=C/c1cccc([N+](=O)[O-])c1. The van der Waals surface area contributed by atoms with Gasteiger partial charge < -0.3 is 10.4 Å². The van der Waals surface area contributed by atoms with Gasteiger partial charge in [0.2, 0.25) is 5.91 Å². The molecular formula is C13H14N2O5. The third-order valence-corrected chi connectivity index (χ3v) is 2.37. The maximum atomic E-state index is 11.4. The number of nitrogens with one attached hydrogen (secondary N) is 1. The number of carboxylic acid groups (broad SMARTS) is 1. The molecule has 106 valence electrons. The fraction of sp³-hybridized carbons (Fsp3) is 0.231. The number of carbonyl (C=O) groups is 2. The second kappa shape index (κ2) is 7.67. The Bertz CT molecular complexity index is 539. The molecule has 0 atom stereocenters. The molecule has 7 nitrogen and oxygen atoms in total. The van der Waals surface area contributed by atoms with Crippen LogP contribution < -0.4 is 5.32 Å². The molecule has 0 saturated heterocycles. The van der Waals surface area contributed by atoms with Crippen molar-refractivity contribution in [3.05, 3.63) is 46.0 Å². The first-order valence-corrected chi connectivity index (χ1v) is 5.91. The summed E-state index contributed by atoms with van der Waals surface area (Å²) in [5.74, 6) is -1.28. The molecule has 0 fully saturated rings. The van der Waals surface area contributed by atoms with Crippen LogP contribution in [0.25, 0.3) is 6.08 Å². The quantitative estimate of drug-likeness (QED) is 0.340. The van der Waals surface area contributed by atoms with Gasteiger partial charge >= 0.3 is 5.97 Å². The number of hydrogen-bond acceptors (Lipinski definition) is 4. The van der Waals surface area contributed by atoms with E-state index in [1.807, 2.05) is 0 Å². The molecule has 2 N–H and O–H groups in total. The largest absolute Gasteiger partial charge is 0.481 e. The van der Waals surface area contributed by atoms with Crippen LogP contribution >= 0.6 is 0 Å². The van der Waals surface area contributed by atoms with Gasteiger partial charge in [0, 0.05) is 31.2 Å². The van der Waals surface area contributed by atoms with Gasteiger partial charge in [0.25, 0.3) is 5.69 Å². The predicted octanol–water partition coefficient (Wildman–Crippen LogP) is 1.59. The van der Waals surface area contributed by atoms with E-state index in [0.717, 1.165) is 0 Å². The van der Waals surface area contributed by atoms with Crippen LogP contribution in [-0.2, 0) is 9.59 Å². The molecule has 1 aromatic rings. The summed E-state index contributed by atoms with van der Waals surface area (Å²) in [6.07, 6.45) is 3.06. The van der Waals surface area contributed by atoms with Gasteiger partial charge in [-0.1, -0.05) is 12.1 Å². The summed E-state index contributed by atoms with van der Waals surface area (Å²) in [4.78, 5) is 31.7. The molecule has 0 radical (unpaired) electrons. The smallest absolute Gasteiger partial charge is 0.303 e. The van der Waals surface area contributed by atoms with E-state index in [1.165, 1.54) is 30.4 Å². The van der Waals surface area contributed by atoms with Crippen molar-refractivity contribution in [1.82, 2.24) is 5.32 Å². The molecule has 0 aromatic heterocycles. The molecule has 0 bridgehead atoms. The summed E-state index contributed by atoms with van der Waals surface area (Å²) < 4.78 is 0. The van der Waals surface area contributed by atoms with Crippen LogP contribution in [0.2, 0.25) is 0 Å². The highest BCUT2D eigenvalue weighted by Crippen LogP contribution is 2.13. The monoisotopic (exact) mass is 278 g/mol. The van der Waals surface area contributed by atoms with E-state index in [0.29, 0.717) is 12.0 Å². The number of hydrogen-bond donors (Lipinski definition) is 2. The van der Waals surface area contributed by atoms with Gasteiger partial charge in [-0.2, -0.15) is 0 Å². The summed E-state index contributed by atoms with van der Waals surface area (Å²) in [5, 5.41) is 21.5. The van der Waals surface area contributed by atoms with E-state index in [1.54, 1.807) is 6.07 Å². The predicted molar refractivity (Wildman–Crippen MR) is 72.0 cm³/mol. The van der Waals surface area contributed by atoms with Gasteiger partial charge in [0.15, 0.2) is 0 Å². The molecule has 1 rings (SSSR count). The van der Waals surface area contributed by atoms with Crippen molar-refractivity contribution in [3.63, 3.8) is 0 Å². The number of benzene rings is 1. The second-order valence-corrected chi connectivity index (χ2v) is 3.97. The Kier molecular flexibility index (Phi) is 5.89. The van der Waals surface area contributed by atoms with Gasteiger partial charge in [-0.05, 0) is 18.1 Å². The fourth-order valence-corrected chi connectivity index (χ4v) is 1.42. The molecule has 20 heavy (non-hydrogen) atoms. The van der Waals surface area contributed by atoms with Crippen molar-refractivity contribution in [2.24, 2.45) is 0 Å². The zero-order valence-electron chi connectivity index (χ0n) is 10.6. The molecule has 0 spiro atoms. The fourth-order valence-electron chi connectivity index (χ4n) is 1.42. The van der Waals surface area contributed by atoms with E-state index < -0.39 is 10.9 Å². The van der Waals surface area contributed by atoms with Crippen molar-refractivity contribution < 1.29 is 19.6 Å². The average Bonchev–Trinajstić information content (AvgIpc) is 2.41. The standard InChI is InChI=1S/C13H14N2O5/c16-12(14-8-2-5-13(17)18)7-6-10-3-1-4-11(9-10)15(19)20/h1,3-4,6-7,9H,2,5,8H2,(H,14,16)(H,17,18)/b7-6+. The number of non-ortho nitro benzene ring substituents is 1. The Morgan fingerprint density at radius 2 is 2.15 bits per heavy atom. The Morgan fingerprint density at radius 3 is 2.80 bits per heavy atom. The van der Waals surface area contributed by atoms with E-state index in [9.17, 15) is 19.7 Å². The third-order valence-electron chi connectivity index (χ3n) is 2.37. The first kappa shape index (κ1) is 15.4. The topological polar surface area (TPSA) is 110 Å². The minimum Gasteiger partial charge on any atom is -0.481 e. The highest BCUT2D eigenvalue weighted by molar-refractivity contribution is 5.91. The number of rotatable bonds is 7. The van der Waals surface area contributed by atoms with E-state index in [2.05, 4.69) is 5.32 Å². The molecule has 0 aliphatic carbocycles. The van der Waals surface area contributed by atoms with Gasteiger partial charge in [-0.15, -0.1) is 0 Å². The molecule has 0 heterocycles. The maximum absolute atomic E-state index is 11.4. The first-order chi connectivity index (χ1) is 9.49. The number of amides is 1. The van der Waals surface area contributed by atoms with Gasteiger partial charge in [0.1, 0.15) is 0 Å². The highest BCUT2D eigenvalue weighted by atomic mass is 16.6. The summed E-state index contributed by atoms with van der Waals surface area (Å²) in [6, 6.07) is 5.89. The van der Waals surface area contributed by atoms with Crippen LogP contribution in [0.1, 0.15) is 18.4 Å². The highest BCUT2D eigenvalue weighted by Gasteiger charge is 2.04. The van der Waals surface area contributed by atoms with Crippen molar-refractivity contribution >= 4 is 23.6 Å². The zero-order chi connectivity index (χ0) is 15.0. The lowest BCUT2D eigenvalue weighted by Crippen LogP contribution is -2.22. The number of nitrogens with zero attached hydrogens (tertiary/aromatic N) is 1. The molecule has 0 aliphatic heterocycles. The van der Waals surface area contributed by atoms with Crippen LogP contribution in [-0.4, -0.2) is 28.5 Å². The Morgan fingerprint density at radius 1 is 1.40 bits per heavy atom. The Balaban J connectivity index is 2.46. The summed E-state index contributed by atoms with van der Waals surface area (Å²) in [5.41, 5.74) is 0.494. The number of carbonyl (C=O) groups excluding carboxylic acids is 1. The lowest BCUT2D eigenvalue weighted by molar-refractivity contribution is -0.384. The molecule has 0 unspecified atom stereocenters. The van der Waals surface area contributed by atoms with Crippen molar-refractivity contribution in [2.45, 2.75) is 12.8 Å². The number of carboxylic acids is 1. The van der Waals surface area contributed by atoms with Crippen LogP contribution in [0.15, 0.2) is 30.3 Å². The normalized spacial score (nSPS) is 10.4. The number of nitro benzene ring substituents is 1. The van der Waals surface area contributed by atoms with Gasteiger partial charge in [0.05, 0.1) is 4.92 Å². The van der Waals surface area contributed by atoms with Crippen molar-refractivity contribution in [2.75, 3.05) is 6.54 Å². The van der Waals surface area contributed by atoms with E-state index >= 15 is 0 Å². The minimum absolute atomic E-state index is 0.00509. The van der Waals surface area contributed by atoms with Crippen LogP contribution in [0, 0.1) is 10.1 Å². The molecule has 0 aliphatic rings.